The van der Waals surface area contributed by atoms with Crippen LogP contribution in [0.15, 0.2) is 30.3 Å². The van der Waals surface area contributed by atoms with Crippen LogP contribution in [0.4, 0.5) is 9.59 Å². The van der Waals surface area contributed by atoms with E-state index in [2.05, 4.69) is 0 Å². The lowest BCUT2D eigenvalue weighted by molar-refractivity contribution is -0.00250. The Hall–Kier alpha value is -2.24. The minimum atomic E-state index is -0.495. The Balaban J connectivity index is 1.55. The summed E-state index contributed by atoms with van der Waals surface area (Å²) in [6.07, 6.45) is 2.93. The first-order valence-corrected chi connectivity index (χ1v) is 9.69. The number of ether oxygens (including phenoxy) is 2. The van der Waals surface area contributed by atoms with Crippen molar-refractivity contribution in [3.05, 3.63) is 35.9 Å². The van der Waals surface area contributed by atoms with Crippen LogP contribution in [-0.2, 0) is 16.1 Å². The molecule has 6 heteroatoms. The number of carbonyl (C=O) groups is 2. The fourth-order valence-electron chi connectivity index (χ4n) is 4.05. The van der Waals surface area contributed by atoms with Crippen LogP contribution in [0.5, 0.6) is 0 Å². The molecule has 2 heterocycles. The Bertz CT molecular complexity index is 657. The number of nitrogens with zero attached hydrogens (tertiary/aromatic N) is 2. The van der Waals surface area contributed by atoms with Crippen LogP contribution in [0, 0.1) is 0 Å². The summed E-state index contributed by atoms with van der Waals surface area (Å²) < 4.78 is 11.0. The highest BCUT2D eigenvalue weighted by atomic mass is 16.6. The number of piperidine rings is 1. The van der Waals surface area contributed by atoms with E-state index in [1.165, 1.54) is 0 Å². The van der Waals surface area contributed by atoms with E-state index in [4.69, 9.17) is 9.47 Å². The summed E-state index contributed by atoms with van der Waals surface area (Å²) in [5, 5.41) is 0. The number of benzene rings is 1. The minimum absolute atomic E-state index is 0.0875. The van der Waals surface area contributed by atoms with Crippen LogP contribution >= 0.6 is 0 Å². The maximum Gasteiger partial charge on any atom is 0.410 e. The molecule has 1 aromatic rings. The molecule has 2 aliphatic rings. The molecule has 3 atom stereocenters. The van der Waals surface area contributed by atoms with Gasteiger partial charge in [0, 0.05) is 25.2 Å². The summed E-state index contributed by atoms with van der Waals surface area (Å²) in [5.74, 6) is 0. The normalized spacial score (nSPS) is 24.4. The molecule has 1 aromatic carbocycles. The molecule has 6 nitrogen and oxygen atoms in total. The molecule has 2 aliphatic heterocycles. The highest BCUT2D eigenvalue weighted by molar-refractivity contribution is 5.70. The third-order valence-corrected chi connectivity index (χ3v) is 5.35. The second-order valence-electron chi connectivity index (χ2n) is 8.55. The van der Waals surface area contributed by atoms with Crippen LogP contribution in [0.2, 0.25) is 0 Å². The molecule has 27 heavy (non-hydrogen) atoms. The second kappa shape index (κ2) is 7.79. The van der Waals surface area contributed by atoms with Gasteiger partial charge in [0.05, 0.1) is 0 Å². The zero-order valence-corrected chi connectivity index (χ0v) is 16.7. The lowest BCUT2D eigenvalue weighted by Gasteiger charge is -2.42. The van der Waals surface area contributed by atoms with E-state index in [1.54, 1.807) is 11.9 Å². The lowest BCUT2D eigenvalue weighted by Crippen LogP contribution is -2.53. The minimum Gasteiger partial charge on any atom is -0.445 e. The largest absolute Gasteiger partial charge is 0.445 e. The maximum absolute atomic E-state index is 12.5. The zero-order valence-electron chi connectivity index (χ0n) is 16.7. The SMILES string of the molecule is CN(C(=O)OCc1ccccc1)C1C[C@H]2CC[C@@H](C1)N2C(=O)OC(C)(C)C. The summed E-state index contributed by atoms with van der Waals surface area (Å²) >= 11 is 0. The van der Waals surface area contributed by atoms with E-state index < -0.39 is 5.60 Å². The predicted molar refractivity (Wildman–Crippen MR) is 102 cm³/mol. The van der Waals surface area contributed by atoms with E-state index in [9.17, 15) is 9.59 Å². The van der Waals surface area contributed by atoms with E-state index >= 15 is 0 Å². The van der Waals surface area contributed by atoms with Crippen LogP contribution in [0.25, 0.3) is 0 Å². The van der Waals surface area contributed by atoms with Crippen molar-refractivity contribution in [2.24, 2.45) is 0 Å². The van der Waals surface area contributed by atoms with Gasteiger partial charge in [-0.3, -0.25) is 0 Å². The molecule has 2 bridgehead atoms. The Morgan fingerprint density at radius 2 is 1.70 bits per heavy atom. The van der Waals surface area contributed by atoms with E-state index in [-0.39, 0.29) is 36.9 Å². The van der Waals surface area contributed by atoms with Crippen molar-refractivity contribution in [2.45, 2.75) is 76.8 Å². The van der Waals surface area contributed by atoms with Crippen molar-refractivity contribution in [3.8, 4) is 0 Å². The van der Waals surface area contributed by atoms with Gasteiger partial charge in [-0.05, 0) is 52.0 Å². The van der Waals surface area contributed by atoms with Gasteiger partial charge >= 0.3 is 12.2 Å². The molecule has 0 spiro atoms. The maximum atomic E-state index is 12.5. The van der Waals surface area contributed by atoms with E-state index in [1.807, 2.05) is 56.0 Å². The average Bonchev–Trinajstić information content (AvgIpc) is 2.88. The van der Waals surface area contributed by atoms with Gasteiger partial charge in [0.1, 0.15) is 12.2 Å². The van der Waals surface area contributed by atoms with Gasteiger partial charge in [-0.25, -0.2) is 9.59 Å². The molecule has 2 fully saturated rings. The van der Waals surface area contributed by atoms with Crippen molar-refractivity contribution >= 4 is 12.2 Å². The summed E-state index contributed by atoms with van der Waals surface area (Å²) in [7, 11) is 1.79. The molecule has 0 N–H and O–H groups in total. The third kappa shape index (κ3) is 4.73. The smallest absolute Gasteiger partial charge is 0.410 e. The van der Waals surface area contributed by atoms with Crippen molar-refractivity contribution in [1.29, 1.82) is 0 Å². The number of rotatable bonds is 3. The Morgan fingerprint density at radius 1 is 1.11 bits per heavy atom. The first kappa shape index (κ1) is 19.5. The van der Waals surface area contributed by atoms with E-state index in [0.717, 1.165) is 31.2 Å². The van der Waals surface area contributed by atoms with Gasteiger partial charge in [0.25, 0.3) is 0 Å². The Kier molecular flexibility index (Phi) is 5.63. The van der Waals surface area contributed by atoms with Gasteiger partial charge in [0.2, 0.25) is 0 Å². The molecule has 3 rings (SSSR count). The first-order valence-electron chi connectivity index (χ1n) is 9.69. The third-order valence-electron chi connectivity index (χ3n) is 5.35. The van der Waals surface area contributed by atoms with Crippen molar-refractivity contribution < 1.29 is 19.1 Å². The summed E-state index contributed by atoms with van der Waals surface area (Å²) in [4.78, 5) is 28.6. The topological polar surface area (TPSA) is 59.1 Å². The molecule has 0 aromatic heterocycles. The van der Waals surface area contributed by atoms with Crippen LogP contribution in [0.3, 0.4) is 0 Å². The van der Waals surface area contributed by atoms with Crippen LogP contribution in [-0.4, -0.2) is 52.8 Å². The summed E-state index contributed by atoms with van der Waals surface area (Å²) in [6.45, 7) is 5.93. The lowest BCUT2D eigenvalue weighted by atomic mass is 9.97. The predicted octanol–water partition coefficient (Wildman–Crippen LogP) is 4.19. The number of hydrogen-bond donors (Lipinski definition) is 0. The van der Waals surface area contributed by atoms with Crippen LogP contribution in [0.1, 0.15) is 52.0 Å². The zero-order chi connectivity index (χ0) is 19.6. The molecule has 0 aliphatic carbocycles. The first-order chi connectivity index (χ1) is 12.7. The number of carbonyl (C=O) groups excluding carboxylic acids is 2. The molecule has 2 saturated heterocycles. The molecular formula is C21H30N2O4. The molecule has 148 valence electrons. The van der Waals surface area contributed by atoms with Gasteiger partial charge in [-0.15, -0.1) is 0 Å². The fourth-order valence-corrected chi connectivity index (χ4v) is 4.05. The fraction of sp³-hybridized carbons (Fsp3) is 0.619. The average molecular weight is 374 g/mol. The van der Waals surface area contributed by atoms with E-state index in [0.29, 0.717) is 0 Å². The van der Waals surface area contributed by atoms with Gasteiger partial charge in [-0.1, -0.05) is 30.3 Å². The van der Waals surface area contributed by atoms with Crippen molar-refractivity contribution in [1.82, 2.24) is 9.80 Å². The van der Waals surface area contributed by atoms with Gasteiger partial charge in [0.15, 0.2) is 0 Å². The molecule has 2 amide bonds. The molecular weight excluding hydrogens is 344 g/mol. The van der Waals surface area contributed by atoms with Crippen molar-refractivity contribution in [2.75, 3.05) is 7.05 Å². The van der Waals surface area contributed by atoms with Gasteiger partial charge in [-0.2, -0.15) is 0 Å². The Labute approximate surface area is 161 Å². The quantitative estimate of drug-likeness (QED) is 0.796. The molecule has 1 unspecified atom stereocenters. The second-order valence-corrected chi connectivity index (χ2v) is 8.55. The summed E-state index contributed by atoms with van der Waals surface area (Å²) in [5.41, 5.74) is 0.477. The number of fused-ring (bicyclic) bond motifs is 2. The summed E-state index contributed by atoms with van der Waals surface area (Å²) in [6, 6.07) is 10.0. The number of amides is 2. The Morgan fingerprint density at radius 3 is 2.26 bits per heavy atom. The standard InChI is InChI=1S/C21H30N2O4/c1-21(2,3)27-20(25)23-16-10-11-17(23)13-18(12-16)22(4)19(24)26-14-15-8-6-5-7-9-15/h5-9,16-18H,10-14H2,1-4H3/t16-,17+,18?. The highest BCUT2D eigenvalue weighted by Gasteiger charge is 2.46. The van der Waals surface area contributed by atoms with Crippen molar-refractivity contribution in [3.63, 3.8) is 0 Å². The number of hydrogen-bond acceptors (Lipinski definition) is 4. The molecule has 0 radical (unpaired) electrons. The van der Waals surface area contributed by atoms with Gasteiger partial charge < -0.3 is 19.3 Å². The molecule has 0 saturated carbocycles. The monoisotopic (exact) mass is 374 g/mol. The van der Waals surface area contributed by atoms with Crippen LogP contribution < -0.4 is 0 Å². The highest BCUT2D eigenvalue weighted by Crippen LogP contribution is 2.38.